The molecule has 1 aliphatic carbocycles. The summed E-state index contributed by atoms with van der Waals surface area (Å²) in [6, 6.07) is 3.58. The Hall–Kier alpha value is -2.24. The standard InChI is InChI=1S/C26H36N4O5S/c1-18-16-21(24(31)27-11-14-35-33)17-19(2)22(18)8-15-36(34)30-12-9-26(10-13-30)25(32)28-23(29-26)20-6-4-3-5-7-20/h8,15-17,20,33H,3-7,9-14H2,1-2H3,(H,27,31)(H,28,29,32)/b15-8+. The van der Waals surface area contributed by atoms with Crippen molar-refractivity contribution >= 4 is 35.1 Å². The van der Waals surface area contributed by atoms with E-state index in [0.29, 0.717) is 37.4 Å². The third-order valence-corrected chi connectivity index (χ3v) is 8.72. The van der Waals surface area contributed by atoms with Crippen molar-refractivity contribution in [1.82, 2.24) is 14.9 Å². The molecule has 2 fully saturated rings. The third-order valence-electron chi connectivity index (χ3n) is 7.48. The molecule has 10 heteroatoms. The molecule has 1 saturated heterocycles. The number of carbonyl (C=O) groups is 2. The maximum atomic E-state index is 13.0. The van der Waals surface area contributed by atoms with E-state index < -0.39 is 16.9 Å². The molecule has 2 heterocycles. The number of nitrogens with zero attached hydrogens (tertiary/aromatic N) is 2. The number of amides is 2. The van der Waals surface area contributed by atoms with Gasteiger partial charge in [0.1, 0.15) is 16.8 Å². The first-order valence-electron chi connectivity index (χ1n) is 12.7. The lowest BCUT2D eigenvalue weighted by Gasteiger charge is -2.34. The molecule has 1 aromatic rings. The number of aliphatic imine (C=N–C) groups is 1. The highest BCUT2D eigenvalue weighted by Crippen LogP contribution is 2.35. The quantitative estimate of drug-likeness (QED) is 0.211. The van der Waals surface area contributed by atoms with Crippen LogP contribution in [0, 0.1) is 19.8 Å². The molecule has 36 heavy (non-hydrogen) atoms. The van der Waals surface area contributed by atoms with Crippen LogP contribution >= 0.6 is 0 Å². The Morgan fingerprint density at radius 1 is 1.28 bits per heavy atom. The number of carbonyl (C=O) groups excluding carboxylic acids is 2. The molecule has 0 aromatic heterocycles. The van der Waals surface area contributed by atoms with Crippen molar-refractivity contribution in [3.05, 3.63) is 39.8 Å². The van der Waals surface area contributed by atoms with E-state index in [4.69, 9.17) is 10.2 Å². The van der Waals surface area contributed by atoms with Gasteiger partial charge in [-0.15, -0.1) is 4.31 Å². The molecule has 0 bridgehead atoms. The molecule has 3 aliphatic rings. The molecule has 1 unspecified atom stereocenters. The van der Waals surface area contributed by atoms with Crippen molar-refractivity contribution in [2.45, 2.75) is 64.3 Å². The van der Waals surface area contributed by atoms with Crippen molar-refractivity contribution in [3.8, 4) is 0 Å². The van der Waals surface area contributed by atoms with Crippen LogP contribution in [-0.2, 0) is 21.0 Å². The topological polar surface area (TPSA) is 126 Å². The van der Waals surface area contributed by atoms with E-state index in [1.54, 1.807) is 17.5 Å². The van der Waals surface area contributed by atoms with E-state index in [-0.39, 0.29) is 25.0 Å². The average Bonchev–Trinajstić information content (AvgIpc) is 3.19. The lowest BCUT2D eigenvalue weighted by atomic mass is 9.88. The number of aryl methyl sites for hydroxylation is 2. The SMILES string of the molecule is Cc1cc(C(=O)NCCOO)cc(C)c1/C=C/[S+]([O-])N1CCC2(CC1)N=C(C1CCCCC1)NC2=O. The Balaban J connectivity index is 1.36. The van der Waals surface area contributed by atoms with Crippen LogP contribution in [0.25, 0.3) is 6.08 Å². The van der Waals surface area contributed by atoms with Crippen LogP contribution in [0.5, 0.6) is 0 Å². The minimum atomic E-state index is -1.33. The molecule has 1 atom stereocenters. The van der Waals surface area contributed by atoms with E-state index in [1.165, 1.54) is 19.3 Å². The third kappa shape index (κ3) is 6.00. The van der Waals surface area contributed by atoms with Gasteiger partial charge >= 0.3 is 0 Å². The Kier molecular flexibility index (Phi) is 8.84. The summed E-state index contributed by atoms with van der Waals surface area (Å²) in [5.41, 5.74) is 2.53. The molecule has 196 valence electrons. The number of amidine groups is 1. The maximum Gasteiger partial charge on any atom is 0.253 e. The monoisotopic (exact) mass is 516 g/mol. The van der Waals surface area contributed by atoms with Crippen LogP contribution in [0.2, 0.25) is 0 Å². The second-order valence-corrected chi connectivity index (χ2v) is 11.3. The van der Waals surface area contributed by atoms with Gasteiger partial charge in [-0.3, -0.25) is 19.8 Å². The zero-order chi connectivity index (χ0) is 25.7. The second-order valence-electron chi connectivity index (χ2n) is 9.94. The zero-order valence-electron chi connectivity index (χ0n) is 21.0. The predicted molar refractivity (Wildman–Crippen MR) is 140 cm³/mol. The van der Waals surface area contributed by atoms with E-state index in [2.05, 4.69) is 15.5 Å². The first-order chi connectivity index (χ1) is 17.3. The van der Waals surface area contributed by atoms with E-state index >= 15 is 0 Å². The number of hydrogen-bond acceptors (Lipinski definition) is 7. The van der Waals surface area contributed by atoms with Gasteiger partial charge in [0.15, 0.2) is 0 Å². The summed E-state index contributed by atoms with van der Waals surface area (Å²) in [5, 5.41) is 15.8. The number of benzene rings is 1. The van der Waals surface area contributed by atoms with Crippen LogP contribution in [0.4, 0.5) is 0 Å². The fraction of sp³-hybridized carbons (Fsp3) is 0.577. The van der Waals surface area contributed by atoms with Crippen molar-refractivity contribution in [1.29, 1.82) is 0 Å². The van der Waals surface area contributed by atoms with Gasteiger partial charge in [0, 0.05) is 31.1 Å². The van der Waals surface area contributed by atoms with Crippen LogP contribution in [0.1, 0.15) is 72.0 Å². The molecule has 4 rings (SSSR count). The fourth-order valence-corrected chi connectivity index (χ4v) is 6.35. The first-order valence-corrected chi connectivity index (χ1v) is 13.9. The number of nitrogens with one attached hydrogen (secondary N) is 2. The molecule has 9 nitrogen and oxygen atoms in total. The molecular formula is C26H36N4O5S. The molecule has 3 N–H and O–H groups in total. The first kappa shape index (κ1) is 26.8. The van der Waals surface area contributed by atoms with Crippen LogP contribution < -0.4 is 10.6 Å². The van der Waals surface area contributed by atoms with Crippen molar-refractivity contribution in [2.24, 2.45) is 10.9 Å². The number of hydrogen-bond donors (Lipinski definition) is 3. The molecule has 1 spiro atoms. The summed E-state index contributed by atoms with van der Waals surface area (Å²) in [4.78, 5) is 34.0. The van der Waals surface area contributed by atoms with E-state index in [1.807, 2.05) is 24.2 Å². The summed E-state index contributed by atoms with van der Waals surface area (Å²) in [7, 11) is 0. The molecule has 1 saturated carbocycles. The highest BCUT2D eigenvalue weighted by atomic mass is 32.2. The average molecular weight is 517 g/mol. The summed E-state index contributed by atoms with van der Waals surface area (Å²) in [6.07, 6.45) is 8.82. The van der Waals surface area contributed by atoms with Gasteiger partial charge in [-0.1, -0.05) is 19.3 Å². The molecule has 2 amide bonds. The predicted octanol–water partition coefficient (Wildman–Crippen LogP) is 3.10. The van der Waals surface area contributed by atoms with E-state index in [9.17, 15) is 14.1 Å². The van der Waals surface area contributed by atoms with Crippen LogP contribution in [0.3, 0.4) is 0 Å². The second kappa shape index (κ2) is 11.9. The summed E-state index contributed by atoms with van der Waals surface area (Å²) in [5.74, 6) is 1.00. The Morgan fingerprint density at radius 3 is 2.58 bits per heavy atom. The molecule has 0 radical (unpaired) electrons. The van der Waals surface area contributed by atoms with Crippen LogP contribution in [-0.4, -0.2) is 63.5 Å². The molecular weight excluding hydrogens is 480 g/mol. The van der Waals surface area contributed by atoms with Crippen LogP contribution in [0.15, 0.2) is 22.5 Å². The largest absolute Gasteiger partial charge is 0.593 e. The summed E-state index contributed by atoms with van der Waals surface area (Å²) < 4.78 is 14.9. The number of rotatable bonds is 8. The Labute approximate surface area is 215 Å². The highest BCUT2D eigenvalue weighted by Gasteiger charge is 2.48. The van der Waals surface area contributed by atoms with Gasteiger partial charge < -0.3 is 15.2 Å². The zero-order valence-corrected chi connectivity index (χ0v) is 21.9. The van der Waals surface area contributed by atoms with Gasteiger partial charge in [-0.05, 0) is 74.4 Å². The Bertz CT molecular complexity index is 1010. The van der Waals surface area contributed by atoms with Crippen molar-refractivity contribution in [3.63, 3.8) is 0 Å². The van der Waals surface area contributed by atoms with E-state index in [0.717, 1.165) is 35.4 Å². The van der Waals surface area contributed by atoms with Gasteiger partial charge in [-0.2, -0.15) is 0 Å². The minimum Gasteiger partial charge on any atom is -0.593 e. The van der Waals surface area contributed by atoms with Crippen molar-refractivity contribution < 1.29 is 24.3 Å². The normalized spacial score (nSPS) is 21.6. The summed E-state index contributed by atoms with van der Waals surface area (Å²) in [6.45, 7) is 5.14. The lowest BCUT2D eigenvalue weighted by Crippen LogP contribution is -2.50. The van der Waals surface area contributed by atoms with Crippen molar-refractivity contribution in [2.75, 3.05) is 26.2 Å². The lowest BCUT2D eigenvalue weighted by molar-refractivity contribution is -0.240. The number of piperidine rings is 1. The van der Waals surface area contributed by atoms with Gasteiger partial charge in [0.05, 0.1) is 18.0 Å². The highest BCUT2D eigenvalue weighted by molar-refractivity contribution is 7.92. The van der Waals surface area contributed by atoms with Gasteiger partial charge in [0.2, 0.25) is 0 Å². The summed E-state index contributed by atoms with van der Waals surface area (Å²) >= 11 is -1.33. The minimum absolute atomic E-state index is 0.00307. The smallest absolute Gasteiger partial charge is 0.253 e. The Morgan fingerprint density at radius 2 is 1.94 bits per heavy atom. The maximum absolute atomic E-state index is 13.0. The van der Waals surface area contributed by atoms with Gasteiger partial charge in [0.25, 0.3) is 11.8 Å². The molecule has 2 aliphatic heterocycles. The fourth-order valence-electron chi connectivity index (χ4n) is 5.38. The van der Waals surface area contributed by atoms with Gasteiger partial charge in [-0.25, -0.2) is 4.89 Å². The molecule has 1 aromatic carbocycles.